The number of nitrogens with zero attached hydrogens (tertiary/aromatic N) is 3. The number of hydrogen-bond donors (Lipinski definition) is 1. The highest BCUT2D eigenvalue weighted by atomic mass is 32.1. The molecule has 0 fully saturated rings. The molecule has 19 heavy (non-hydrogen) atoms. The van der Waals surface area contributed by atoms with Crippen LogP contribution >= 0.6 is 11.3 Å². The summed E-state index contributed by atoms with van der Waals surface area (Å²) in [5.41, 5.74) is 1.65. The summed E-state index contributed by atoms with van der Waals surface area (Å²) in [5.74, 6) is 0.324. The topological polar surface area (TPSA) is 69.0 Å². The van der Waals surface area contributed by atoms with Gasteiger partial charge in [0.2, 0.25) is 0 Å². The van der Waals surface area contributed by atoms with E-state index in [9.17, 15) is 4.79 Å². The minimum absolute atomic E-state index is 0.307. The van der Waals surface area contributed by atoms with E-state index in [1.54, 1.807) is 22.2 Å². The van der Waals surface area contributed by atoms with Crippen molar-refractivity contribution in [3.8, 4) is 5.69 Å². The van der Waals surface area contributed by atoms with Crippen molar-refractivity contribution in [1.29, 1.82) is 0 Å². The molecule has 0 spiro atoms. The smallest absolute Gasteiger partial charge is 0.407 e. The first kappa shape index (κ1) is 13.5. The Morgan fingerprint density at radius 3 is 3.11 bits per heavy atom. The van der Waals surface area contributed by atoms with Gasteiger partial charge in [0.1, 0.15) is 5.69 Å². The van der Waals surface area contributed by atoms with Gasteiger partial charge in [0.05, 0.1) is 25.0 Å². The van der Waals surface area contributed by atoms with Gasteiger partial charge in [-0.05, 0) is 17.4 Å². The summed E-state index contributed by atoms with van der Waals surface area (Å²) in [6.07, 6.45) is 1.35. The summed E-state index contributed by atoms with van der Waals surface area (Å²) >= 11 is 1.59. The van der Waals surface area contributed by atoms with Gasteiger partial charge >= 0.3 is 6.09 Å². The van der Waals surface area contributed by atoms with Crippen LogP contribution in [-0.2, 0) is 11.3 Å². The van der Waals surface area contributed by atoms with Crippen molar-refractivity contribution >= 4 is 17.4 Å². The molecule has 0 atom stereocenters. The van der Waals surface area contributed by atoms with Crippen LogP contribution in [-0.4, -0.2) is 27.7 Å². The Bertz CT molecular complexity index is 522. The maximum atomic E-state index is 11.4. The van der Waals surface area contributed by atoms with Crippen molar-refractivity contribution in [2.75, 3.05) is 6.61 Å². The minimum atomic E-state index is -0.432. The van der Waals surface area contributed by atoms with Gasteiger partial charge in [-0.25, -0.2) is 9.48 Å². The first-order valence-electron chi connectivity index (χ1n) is 5.99. The Balaban J connectivity index is 1.82. The summed E-state index contributed by atoms with van der Waals surface area (Å²) in [6.45, 7) is 4.69. The third kappa shape index (κ3) is 4.06. The van der Waals surface area contributed by atoms with Crippen LogP contribution in [0.3, 0.4) is 0 Å². The molecule has 0 saturated carbocycles. The maximum Gasteiger partial charge on any atom is 0.407 e. The van der Waals surface area contributed by atoms with Crippen LogP contribution < -0.4 is 5.32 Å². The van der Waals surface area contributed by atoms with Gasteiger partial charge in [0.25, 0.3) is 0 Å². The second kappa shape index (κ2) is 6.33. The SMILES string of the molecule is CC(C)COC(=O)NCc1cn(-c2ccsc2)nn1. The van der Waals surface area contributed by atoms with Crippen LogP contribution in [0.1, 0.15) is 19.5 Å². The summed E-state index contributed by atoms with van der Waals surface area (Å²) < 4.78 is 6.67. The fourth-order valence-electron chi connectivity index (χ4n) is 1.35. The van der Waals surface area contributed by atoms with Crippen LogP contribution in [0.2, 0.25) is 0 Å². The lowest BCUT2D eigenvalue weighted by Gasteiger charge is -2.07. The van der Waals surface area contributed by atoms with Crippen molar-refractivity contribution in [2.45, 2.75) is 20.4 Å². The van der Waals surface area contributed by atoms with Gasteiger partial charge in [-0.15, -0.1) is 5.10 Å². The van der Waals surface area contributed by atoms with Crippen molar-refractivity contribution < 1.29 is 9.53 Å². The van der Waals surface area contributed by atoms with Crippen LogP contribution in [0.5, 0.6) is 0 Å². The highest BCUT2D eigenvalue weighted by Crippen LogP contribution is 2.10. The van der Waals surface area contributed by atoms with Gasteiger partial charge in [-0.3, -0.25) is 0 Å². The average Bonchev–Trinajstić information content (AvgIpc) is 3.03. The van der Waals surface area contributed by atoms with Crippen molar-refractivity contribution in [3.05, 3.63) is 28.7 Å². The number of rotatable bonds is 5. The van der Waals surface area contributed by atoms with E-state index in [0.29, 0.717) is 24.8 Å². The first-order chi connectivity index (χ1) is 9.15. The van der Waals surface area contributed by atoms with E-state index in [0.717, 1.165) is 5.69 Å². The Kier molecular flexibility index (Phi) is 4.51. The normalized spacial score (nSPS) is 10.7. The second-order valence-electron chi connectivity index (χ2n) is 4.48. The molecule has 0 unspecified atom stereocenters. The molecule has 2 aromatic heterocycles. The fourth-order valence-corrected chi connectivity index (χ4v) is 1.97. The molecule has 1 amide bonds. The quantitative estimate of drug-likeness (QED) is 0.911. The Hall–Kier alpha value is -1.89. The number of thiophene rings is 1. The molecule has 0 radical (unpaired) electrons. The molecule has 0 bridgehead atoms. The molecule has 1 N–H and O–H groups in total. The molecule has 7 heteroatoms. The van der Waals surface area contributed by atoms with E-state index in [1.165, 1.54) is 0 Å². The second-order valence-corrected chi connectivity index (χ2v) is 5.26. The molecule has 2 rings (SSSR count). The zero-order valence-electron chi connectivity index (χ0n) is 10.9. The lowest BCUT2D eigenvalue weighted by Crippen LogP contribution is -2.25. The molecule has 6 nitrogen and oxygen atoms in total. The predicted molar refractivity (Wildman–Crippen MR) is 72.3 cm³/mol. The first-order valence-corrected chi connectivity index (χ1v) is 6.94. The van der Waals surface area contributed by atoms with E-state index < -0.39 is 6.09 Å². The van der Waals surface area contributed by atoms with Gasteiger partial charge < -0.3 is 10.1 Å². The van der Waals surface area contributed by atoms with E-state index in [-0.39, 0.29) is 0 Å². The molecule has 0 aliphatic heterocycles. The number of carbonyl (C=O) groups is 1. The standard InChI is InChI=1S/C12H16N4O2S/c1-9(2)7-18-12(17)13-5-10-6-16(15-14-10)11-3-4-19-8-11/h3-4,6,8-9H,5,7H2,1-2H3,(H,13,17). The molecular formula is C12H16N4O2S. The zero-order valence-corrected chi connectivity index (χ0v) is 11.7. The summed E-state index contributed by atoms with van der Waals surface area (Å²) in [6, 6.07) is 1.95. The van der Waals surface area contributed by atoms with Crippen LogP contribution in [0.25, 0.3) is 5.69 Å². The summed E-state index contributed by atoms with van der Waals surface area (Å²) in [5, 5.41) is 14.6. The number of nitrogens with one attached hydrogen (secondary N) is 1. The highest BCUT2D eigenvalue weighted by molar-refractivity contribution is 7.08. The zero-order chi connectivity index (χ0) is 13.7. The number of ether oxygens (including phenoxy) is 1. The van der Waals surface area contributed by atoms with Gasteiger partial charge in [0, 0.05) is 5.38 Å². The van der Waals surface area contributed by atoms with Crippen molar-refractivity contribution in [1.82, 2.24) is 20.3 Å². The van der Waals surface area contributed by atoms with Crippen LogP contribution in [0, 0.1) is 5.92 Å². The Morgan fingerprint density at radius 1 is 1.58 bits per heavy atom. The van der Waals surface area contributed by atoms with E-state index in [4.69, 9.17) is 4.74 Å². The van der Waals surface area contributed by atoms with Crippen LogP contribution in [0.4, 0.5) is 4.79 Å². The van der Waals surface area contributed by atoms with E-state index >= 15 is 0 Å². The highest BCUT2D eigenvalue weighted by Gasteiger charge is 2.07. The third-order valence-corrected chi connectivity index (χ3v) is 2.94. The number of hydrogen-bond acceptors (Lipinski definition) is 5. The Labute approximate surface area is 115 Å². The monoisotopic (exact) mass is 280 g/mol. The maximum absolute atomic E-state index is 11.4. The fraction of sp³-hybridized carbons (Fsp3) is 0.417. The number of aromatic nitrogens is 3. The van der Waals surface area contributed by atoms with Crippen LogP contribution in [0.15, 0.2) is 23.0 Å². The lowest BCUT2D eigenvalue weighted by molar-refractivity contribution is 0.132. The summed E-state index contributed by atoms with van der Waals surface area (Å²) in [4.78, 5) is 11.4. The van der Waals surface area contributed by atoms with Crippen molar-refractivity contribution in [2.24, 2.45) is 5.92 Å². The van der Waals surface area contributed by atoms with Gasteiger partial charge in [-0.1, -0.05) is 19.1 Å². The number of alkyl carbamates (subject to hydrolysis) is 1. The van der Waals surface area contributed by atoms with Gasteiger partial charge in [-0.2, -0.15) is 11.3 Å². The molecule has 0 aliphatic rings. The van der Waals surface area contributed by atoms with Crippen molar-refractivity contribution in [3.63, 3.8) is 0 Å². The predicted octanol–water partition coefficient (Wildman–Crippen LogP) is 2.21. The molecular weight excluding hydrogens is 264 g/mol. The lowest BCUT2D eigenvalue weighted by atomic mass is 10.2. The molecule has 102 valence electrons. The third-order valence-electron chi connectivity index (χ3n) is 2.27. The molecule has 2 heterocycles. The summed E-state index contributed by atoms with van der Waals surface area (Å²) in [7, 11) is 0. The molecule has 0 aliphatic carbocycles. The molecule has 0 aromatic carbocycles. The van der Waals surface area contributed by atoms with Gasteiger partial charge in [0.15, 0.2) is 0 Å². The van der Waals surface area contributed by atoms with E-state index in [1.807, 2.05) is 30.7 Å². The number of amides is 1. The molecule has 2 aromatic rings. The largest absolute Gasteiger partial charge is 0.449 e. The average molecular weight is 280 g/mol. The molecule has 0 saturated heterocycles. The Morgan fingerprint density at radius 2 is 2.42 bits per heavy atom. The number of carbonyl (C=O) groups excluding carboxylic acids is 1. The van der Waals surface area contributed by atoms with E-state index in [2.05, 4.69) is 15.6 Å². The minimum Gasteiger partial charge on any atom is -0.449 e.